The van der Waals surface area contributed by atoms with E-state index in [1.165, 1.54) is 0 Å². The molecule has 0 spiro atoms. The molecule has 1 fully saturated rings. The van der Waals surface area contributed by atoms with Crippen LogP contribution in [0.1, 0.15) is 47.4 Å². The van der Waals surface area contributed by atoms with Crippen molar-refractivity contribution < 1.29 is 19.1 Å². The van der Waals surface area contributed by atoms with Gasteiger partial charge in [0.15, 0.2) is 0 Å². The van der Waals surface area contributed by atoms with Crippen molar-refractivity contribution in [2.75, 3.05) is 26.7 Å². The van der Waals surface area contributed by atoms with E-state index in [1.807, 2.05) is 54.3 Å². The molecule has 4 aromatic rings. The first-order valence-electron chi connectivity index (χ1n) is 15.5. The Morgan fingerprint density at radius 2 is 1.62 bits per heavy atom. The first-order valence-corrected chi connectivity index (χ1v) is 15.5. The second-order valence-electron chi connectivity index (χ2n) is 12.1. The van der Waals surface area contributed by atoms with E-state index in [-0.39, 0.29) is 42.2 Å². The molecule has 0 saturated carbocycles. The van der Waals surface area contributed by atoms with Gasteiger partial charge in [0.1, 0.15) is 12.6 Å². The molecule has 1 aliphatic carbocycles. The van der Waals surface area contributed by atoms with Crippen molar-refractivity contribution in [2.24, 2.45) is 5.92 Å². The lowest BCUT2D eigenvalue weighted by Gasteiger charge is -2.33. The number of aromatic nitrogens is 1. The smallest absolute Gasteiger partial charge is 0.407 e. The van der Waals surface area contributed by atoms with E-state index in [1.54, 1.807) is 13.1 Å². The predicted octanol–water partition coefficient (Wildman–Crippen LogP) is 4.66. The van der Waals surface area contributed by atoms with Crippen molar-refractivity contribution in [3.63, 3.8) is 0 Å². The van der Waals surface area contributed by atoms with Crippen molar-refractivity contribution in [3.8, 4) is 11.1 Å². The number of ether oxygens (including phenoxy) is 1. The van der Waals surface area contributed by atoms with Crippen LogP contribution >= 0.6 is 0 Å². The molecule has 9 nitrogen and oxygen atoms in total. The highest BCUT2D eigenvalue weighted by Crippen LogP contribution is 2.44. The number of H-pyrrole nitrogens is 1. The van der Waals surface area contributed by atoms with Gasteiger partial charge in [0, 0.05) is 43.0 Å². The average molecular weight is 607 g/mol. The number of piperidine rings is 1. The number of likely N-dealkylation sites (N-methyl/N-ethyl adjacent to an activating group) is 1. The fourth-order valence-electron chi connectivity index (χ4n) is 6.81. The molecule has 2 heterocycles. The number of fused-ring (bicyclic) bond motifs is 4. The van der Waals surface area contributed by atoms with Gasteiger partial charge in [-0.25, -0.2) is 4.79 Å². The number of rotatable bonds is 8. The van der Waals surface area contributed by atoms with Crippen LogP contribution in [0.15, 0.2) is 77.6 Å². The van der Waals surface area contributed by atoms with Crippen LogP contribution in [0.5, 0.6) is 0 Å². The number of nitrogens with one attached hydrogen (secondary N) is 3. The van der Waals surface area contributed by atoms with Crippen LogP contribution in [0.2, 0.25) is 0 Å². The maximum Gasteiger partial charge on any atom is 0.407 e. The van der Waals surface area contributed by atoms with Crippen LogP contribution in [0.25, 0.3) is 22.0 Å². The number of benzene rings is 3. The summed E-state index contributed by atoms with van der Waals surface area (Å²) in [6.07, 6.45) is 1.61. The predicted molar refractivity (Wildman–Crippen MR) is 173 cm³/mol. The molecule has 6 rings (SSSR count). The van der Waals surface area contributed by atoms with Crippen molar-refractivity contribution in [1.29, 1.82) is 0 Å². The largest absolute Gasteiger partial charge is 0.449 e. The van der Waals surface area contributed by atoms with Crippen LogP contribution in [-0.2, 0) is 20.7 Å². The summed E-state index contributed by atoms with van der Waals surface area (Å²) in [5.74, 6) is -0.110. The van der Waals surface area contributed by atoms with Gasteiger partial charge in [-0.15, -0.1) is 0 Å². The van der Waals surface area contributed by atoms with Crippen LogP contribution in [-0.4, -0.2) is 60.6 Å². The molecule has 1 aliphatic heterocycles. The summed E-state index contributed by atoms with van der Waals surface area (Å²) in [4.78, 5) is 55.3. The van der Waals surface area contributed by atoms with E-state index in [0.717, 1.165) is 57.1 Å². The van der Waals surface area contributed by atoms with Crippen LogP contribution in [0.3, 0.4) is 0 Å². The second kappa shape index (κ2) is 13.0. The number of aryl methyl sites for hydroxylation is 1. The van der Waals surface area contributed by atoms with Gasteiger partial charge >= 0.3 is 6.09 Å². The van der Waals surface area contributed by atoms with E-state index >= 15 is 0 Å². The first-order chi connectivity index (χ1) is 21.8. The highest BCUT2D eigenvalue weighted by atomic mass is 16.5. The molecular weight excluding hydrogens is 568 g/mol. The Morgan fingerprint density at radius 3 is 2.29 bits per heavy atom. The number of likely N-dealkylation sites (tertiary alicyclic amines) is 1. The van der Waals surface area contributed by atoms with E-state index in [0.29, 0.717) is 19.5 Å². The molecular formula is C36H38N4O5. The van der Waals surface area contributed by atoms with E-state index in [4.69, 9.17) is 4.74 Å². The van der Waals surface area contributed by atoms with Gasteiger partial charge in [0.2, 0.25) is 17.4 Å². The first kappa shape index (κ1) is 30.1. The maximum absolute atomic E-state index is 13.1. The molecule has 1 saturated heterocycles. The molecule has 0 bridgehead atoms. The van der Waals surface area contributed by atoms with Crippen molar-refractivity contribution in [1.82, 2.24) is 20.5 Å². The summed E-state index contributed by atoms with van der Waals surface area (Å²) in [6.45, 7) is 3.25. The highest BCUT2D eigenvalue weighted by molar-refractivity contribution is 5.86. The zero-order valence-electron chi connectivity index (χ0n) is 25.6. The van der Waals surface area contributed by atoms with Gasteiger partial charge in [-0.2, -0.15) is 0 Å². The number of aromatic amines is 1. The van der Waals surface area contributed by atoms with Gasteiger partial charge in [0.05, 0.1) is 6.42 Å². The minimum atomic E-state index is -0.731. The van der Waals surface area contributed by atoms with E-state index in [9.17, 15) is 19.2 Å². The Hall–Kier alpha value is -4.92. The summed E-state index contributed by atoms with van der Waals surface area (Å²) in [5.41, 5.74) is 6.96. The SMILES string of the molecule is CNC(=O)[C@@H](CC1CCN(C(=O)Cc2ccc3[nH]c(=O)cc(C)c3c2)CC1)NC(=O)OCC1c2ccccc2-c2ccccc21. The quantitative estimate of drug-likeness (QED) is 0.270. The molecule has 0 unspecified atom stereocenters. The maximum atomic E-state index is 13.1. The number of hydrogen-bond donors (Lipinski definition) is 3. The number of nitrogens with zero attached hydrogens (tertiary/aromatic N) is 1. The van der Waals surface area contributed by atoms with Crippen molar-refractivity contribution >= 4 is 28.8 Å². The number of pyridine rings is 1. The summed E-state index contributed by atoms with van der Waals surface area (Å²) in [5, 5.41) is 6.40. The lowest BCUT2D eigenvalue weighted by atomic mass is 9.89. The third kappa shape index (κ3) is 6.48. The van der Waals surface area contributed by atoms with E-state index < -0.39 is 12.1 Å². The summed E-state index contributed by atoms with van der Waals surface area (Å²) in [6, 6.07) is 22.8. The molecule has 45 heavy (non-hydrogen) atoms. The van der Waals surface area contributed by atoms with Gasteiger partial charge in [-0.05, 0) is 77.6 Å². The van der Waals surface area contributed by atoms with Gasteiger partial charge in [-0.3, -0.25) is 14.4 Å². The lowest BCUT2D eigenvalue weighted by Crippen LogP contribution is -2.48. The molecule has 3 N–H and O–H groups in total. The number of hydrogen-bond acceptors (Lipinski definition) is 5. The molecule has 3 aromatic carbocycles. The average Bonchev–Trinajstić information content (AvgIpc) is 3.37. The molecule has 232 valence electrons. The normalized spacial score (nSPS) is 15.3. The summed E-state index contributed by atoms with van der Waals surface area (Å²) >= 11 is 0. The number of carbonyl (C=O) groups is 3. The van der Waals surface area contributed by atoms with Crippen molar-refractivity contribution in [3.05, 3.63) is 105 Å². The lowest BCUT2D eigenvalue weighted by molar-refractivity contribution is -0.132. The fraction of sp³-hybridized carbons (Fsp3) is 0.333. The molecule has 3 amide bonds. The van der Waals surface area contributed by atoms with Crippen LogP contribution in [0.4, 0.5) is 4.79 Å². The standard InChI is InChI=1S/C36H38N4O5/c1-22-17-33(41)38-31-12-11-24(18-29(22)31)20-34(42)40-15-13-23(14-16-40)19-32(35(43)37-2)39-36(44)45-21-30-27-9-5-3-7-25(27)26-8-4-6-10-28(26)30/h3-12,17-18,23,30,32H,13-16,19-21H2,1-2H3,(H,37,43)(H,38,41)(H,39,44)/t32-/m1/s1. The van der Waals surface area contributed by atoms with Crippen LogP contribution in [0, 0.1) is 12.8 Å². The third-order valence-electron chi connectivity index (χ3n) is 9.20. The summed E-state index contributed by atoms with van der Waals surface area (Å²) in [7, 11) is 1.56. The Bertz CT molecular complexity index is 1760. The zero-order valence-corrected chi connectivity index (χ0v) is 25.6. The van der Waals surface area contributed by atoms with E-state index in [2.05, 4.69) is 39.9 Å². The van der Waals surface area contributed by atoms with Gasteiger partial charge in [0.25, 0.3) is 0 Å². The van der Waals surface area contributed by atoms with Crippen LogP contribution < -0.4 is 16.2 Å². The van der Waals surface area contributed by atoms with Gasteiger partial charge in [-0.1, -0.05) is 54.6 Å². The Balaban J connectivity index is 1.02. The molecule has 1 atom stereocenters. The third-order valence-corrected chi connectivity index (χ3v) is 9.20. The highest BCUT2D eigenvalue weighted by Gasteiger charge is 2.31. The number of carbonyl (C=O) groups excluding carboxylic acids is 3. The second-order valence-corrected chi connectivity index (χ2v) is 12.1. The Kier molecular flexibility index (Phi) is 8.69. The van der Waals surface area contributed by atoms with Gasteiger partial charge < -0.3 is 25.3 Å². The fourth-order valence-corrected chi connectivity index (χ4v) is 6.81. The zero-order chi connectivity index (χ0) is 31.5. The minimum Gasteiger partial charge on any atom is -0.449 e. The molecule has 2 aliphatic rings. The van der Waals surface area contributed by atoms with Crippen molar-refractivity contribution in [2.45, 2.75) is 44.6 Å². The Labute approximate surface area is 262 Å². The molecule has 0 radical (unpaired) electrons. The Morgan fingerprint density at radius 1 is 0.956 bits per heavy atom. The topological polar surface area (TPSA) is 121 Å². The molecule has 9 heteroatoms. The minimum absolute atomic E-state index is 0.0505. The summed E-state index contributed by atoms with van der Waals surface area (Å²) < 4.78 is 5.70. The monoisotopic (exact) mass is 606 g/mol. The molecule has 1 aromatic heterocycles. The number of amides is 3. The number of alkyl carbamates (subject to hydrolysis) is 1.